The van der Waals surface area contributed by atoms with Crippen molar-refractivity contribution in [2.45, 2.75) is 32.3 Å². The maximum Gasteiger partial charge on any atom is 0.0714 e. The number of rotatable bonds is 4. The van der Waals surface area contributed by atoms with Crippen molar-refractivity contribution in [1.82, 2.24) is 10.2 Å². The number of ether oxygens (including phenoxy) is 1. The van der Waals surface area contributed by atoms with E-state index < -0.39 is 0 Å². The van der Waals surface area contributed by atoms with Gasteiger partial charge in [-0.3, -0.25) is 0 Å². The molecule has 1 atom stereocenters. The lowest BCUT2D eigenvalue weighted by Crippen LogP contribution is -2.35. The van der Waals surface area contributed by atoms with Crippen LogP contribution in [0.3, 0.4) is 0 Å². The monoisotopic (exact) mass is 212 g/mol. The van der Waals surface area contributed by atoms with E-state index in [9.17, 15) is 0 Å². The zero-order chi connectivity index (χ0) is 10.5. The first-order valence-electron chi connectivity index (χ1n) is 6.43. The molecule has 2 fully saturated rings. The standard InChI is InChI=1S/C12H24N2O/c1-2-15-12-5-8-14(10-12)9-11-3-6-13-7-4-11/h11-13H,2-10H2,1H3/t12-/m0/s1. The molecule has 0 bridgehead atoms. The number of hydrogen-bond acceptors (Lipinski definition) is 3. The van der Waals surface area contributed by atoms with Crippen LogP contribution in [-0.4, -0.2) is 50.3 Å². The van der Waals surface area contributed by atoms with Gasteiger partial charge < -0.3 is 15.0 Å². The fraction of sp³-hybridized carbons (Fsp3) is 1.00. The number of hydrogen-bond donors (Lipinski definition) is 1. The van der Waals surface area contributed by atoms with E-state index in [4.69, 9.17) is 4.74 Å². The van der Waals surface area contributed by atoms with Gasteiger partial charge in [0.2, 0.25) is 0 Å². The van der Waals surface area contributed by atoms with Gasteiger partial charge in [-0.1, -0.05) is 0 Å². The van der Waals surface area contributed by atoms with Gasteiger partial charge in [0.1, 0.15) is 0 Å². The normalized spacial score (nSPS) is 29.8. The van der Waals surface area contributed by atoms with Crippen molar-refractivity contribution >= 4 is 0 Å². The summed E-state index contributed by atoms with van der Waals surface area (Å²) in [5.41, 5.74) is 0. The van der Waals surface area contributed by atoms with Gasteiger partial charge >= 0.3 is 0 Å². The van der Waals surface area contributed by atoms with Crippen molar-refractivity contribution in [2.24, 2.45) is 5.92 Å². The Morgan fingerprint density at radius 1 is 1.27 bits per heavy atom. The van der Waals surface area contributed by atoms with Gasteiger partial charge in [0.25, 0.3) is 0 Å². The van der Waals surface area contributed by atoms with Gasteiger partial charge in [0.05, 0.1) is 6.10 Å². The molecule has 0 aliphatic carbocycles. The summed E-state index contributed by atoms with van der Waals surface area (Å²) in [7, 11) is 0. The Hall–Kier alpha value is -0.120. The molecule has 2 aliphatic heterocycles. The Bertz CT molecular complexity index is 180. The highest BCUT2D eigenvalue weighted by atomic mass is 16.5. The third-order valence-corrected chi connectivity index (χ3v) is 3.61. The van der Waals surface area contributed by atoms with Crippen molar-refractivity contribution in [3.8, 4) is 0 Å². The summed E-state index contributed by atoms with van der Waals surface area (Å²) in [6.07, 6.45) is 4.46. The number of piperidine rings is 1. The Morgan fingerprint density at radius 2 is 2.07 bits per heavy atom. The van der Waals surface area contributed by atoms with Crippen LogP contribution in [0.25, 0.3) is 0 Å². The average Bonchev–Trinajstić information content (AvgIpc) is 2.68. The third kappa shape index (κ3) is 3.44. The number of likely N-dealkylation sites (tertiary alicyclic amines) is 1. The molecule has 2 aliphatic rings. The third-order valence-electron chi connectivity index (χ3n) is 3.61. The largest absolute Gasteiger partial charge is 0.377 e. The lowest BCUT2D eigenvalue weighted by Gasteiger charge is -2.27. The lowest BCUT2D eigenvalue weighted by atomic mass is 9.98. The van der Waals surface area contributed by atoms with Gasteiger partial charge in [-0.05, 0) is 45.2 Å². The summed E-state index contributed by atoms with van der Waals surface area (Å²) in [4.78, 5) is 2.59. The van der Waals surface area contributed by atoms with Crippen LogP contribution in [0.4, 0.5) is 0 Å². The molecule has 2 heterocycles. The Balaban J connectivity index is 1.67. The minimum Gasteiger partial charge on any atom is -0.377 e. The maximum atomic E-state index is 5.67. The van der Waals surface area contributed by atoms with E-state index in [2.05, 4.69) is 17.1 Å². The van der Waals surface area contributed by atoms with Crippen molar-refractivity contribution in [3.05, 3.63) is 0 Å². The van der Waals surface area contributed by atoms with Gasteiger partial charge in [-0.25, -0.2) is 0 Å². The van der Waals surface area contributed by atoms with Crippen LogP contribution in [0.15, 0.2) is 0 Å². The van der Waals surface area contributed by atoms with Crippen LogP contribution in [0.1, 0.15) is 26.2 Å². The first kappa shape index (κ1) is 11.4. The Labute approximate surface area is 93.2 Å². The molecule has 15 heavy (non-hydrogen) atoms. The van der Waals surface area contributed by atoms with Gasteiger partial charge in [0.15, 0.2) is 0 Å². The zero-order valence-corrected chi connectivity index (χ0v) is 9.87. The second kappa shape index (κ2) is 5.83. The smallest absolute Gasteiger partial charge is 0.0714 e. The van der Waals surface area contributed by atoms with Crippen LogP contribution in [0.2, 0.25) is 0 Å². The quantitative estimate of drug-likeness (QED) is 0.755. The Kier molecular flexibility index (Phi) is 4.42. The van der Waals surface area contributed by atoms with Crippen molar-refractivity contribution < 1.29 is 4.74 Å². The average molecular weight is 212 g/mol. The predicted molar refractivity (Wildman–Crippen MR) is 62.1 cm³/mol. The summed E-state index contributed by atoms with van der Waals surface area (Å²) in [6, 6.07) is 0. The van der Waals surface area contributed by atoms with Crippen molar-refractivity contribution in [1.29, 1.82) is 0 Å². The van der Waals surface area contributed by atoms with Gasteiger partial charge in [0, 0.05) is 26.2 Å². The topological polar surface area (TPSA) is 24.5 Å². The lowest BCUT2D eigenvalue weighted by molar-refractivity contribution is 0.0669. The highest BCUT2D eigenvalue weighted by Crippen LogP contribution is 2.18. The molecule has 2 saturated heterocycles. The fourth-order valence-electron chi connectivity index (χ4n) is 2.76. The molecule has 0 aromatic carbocycles. The van der Waals surface area contributed by atoms with Crippen LogP contribution in [-0.2, 0) is 4.74 Å². The molecule has 1 N–H and O–H groups in total. The molecule has 2 rings (SSSR count). The second-order valence-corrected chi connectivity index (χ2v) is 4.82. The Morgan fingerprint density at radius 3 is 2.80 bits per heavy atom. The molecule has 3 nitrogen and oxygen atoms in total. The molecule has 88 valence electrons. The van der Waals surface area contributed by atoms with Crippen LogP contribution in [0.5, 0.6) is 0 Å². The zero-order valence-electron chi connectivity index (χ0n) is 9.87. The van der Waals surface area contributed by atoms with E-state index in [1.807, 2.05) is 0 Å². The first-order chi connectivity index (χ1) is 7.38. The first-order valence-corrected chi connectivity index (χ1v) is 6.43. The highest BCUT2D eigenvalue weighted by molar-refractivity contribution is 4.79. The van der Waals surface area contributed by atoms with Gasteiger partial charge in [-0.15, -0.1) is 0 Å². The van der Waals surface area contributed by atoms with Crippen molar-refractivity contribution in [2.75, 3.05) is 39.3 Å². The molecule has 0 aromatic rings. The molecule has 0 aromatic heterocycles. The van der Waals surface area contributed by atoms with Gasteiger partial charge in [-0.2, -0.15) is 0 Å². The van der Waals surface area contributed by atoms with E-state index in [1.54, 1.807) is 0 Å². The van der Waals surface area contributed by atoms with Crippen LogP contribution in [0, 0.1) is 5.92 Å². The number of nitrogens with one attached hydrogen (secondary N) is 1. The molecule has 0 unspecified atom stereocenters. The van der Waals surface area contributed by atoms with E-state index in [1.165, 1.54) is 45.4 Å². The van der Waals surface area contributed by atoms with E-state index in [0.29, 0.717) is 6.10 Å². The van der Waals surface area contributed by atoms with Crippen LogP contribution >= 0.6 is 0 Å². The molecule has 0 saturated carbocycles. The summed E-state index contributed by atoms with van der Waals surface area (Å²) in [5.74, 6) is 0.923. The molecule has 0 amide bonds. The second-order valence-electron chi connectivity index (χ2n) is 4.82. The van der Waals surface area contributed by atoms with E-state index in [-0.39, 0.29) is 0 Å². The predicted octanol–water partition coefficient (Wildman–Crippen LogP) is 1.10. The fourth-order valence-corrected chi connectivity index (χ4v) is 2.76. The summed E-state index contributed by atoms with van der Waals surface area (Å²) in [5, 5.41) is 3.43. The molecular weight excluding hydrogens is 188 g/mol. The summed E-state index contributed by atoms with van der Waals surface area (Å²) >= 11 is 0. The highest BCUT2D eigenvalue weighted by Gasteiger charge is 2.25. The summed E-state index contributed by atoms with van der Waals surface area (Å²) in [6.45, 7) is 9.10. The SMILES string of the molecule is CCO[C@H]1CCN(CC2CCNCC2)C1. The molecular formula is C12H24N2O. The molecule has 3 heteroatoms. The molecule has 0 radical (unpaired) electrons. The minimum atomic E-state index is 0.511. The summed E-state index contributed by atoms with van der Waals surface area (Å²) < 4.78 is 5.67. The van der Waals surface area contributed by atoms with Crippen molar-refractivity contribution in [3.63, 3.8) is 0 Å². The maximum absolute atomic E-state index is 5.67. The van der Waals surface area contributed by atoms with E-state index in [0.717, 1.165) is 19.1 Å². The molecule has 0 spiro atoms. The van der Waals surface area contributed by atoms with E-state index >= 15 is 0 Å². The minimum absolute atomic E-state index is 0.511. The number of nitrogens with zero attached hydrogens (tertiary/aromatic N) is 1. The van der Waals surface area contributed by atoms with Crippen LogP contribution < -0.4 is 5.32 Å².